The summed E-state index contributed by atoms with van der Waals surface area (Å²) in [4.78, 5) is 13.6. The van der Waals surface area contributed by atoms with Crippen LogP contribution in [0.1, 0.15) is 40.5 Å². The lowest BCUT2D eigenvalue weighted by atomic mass is 10.1. The molecule has 4 nitrogen and oxygen atoms in total. The number of amides is 1. The first kappa shape index (κ1) is 14.2. The Kier molecular flexibility index (Phi) is 4.74. The Morgan fingerprint density at radius 2 is 2.06 bits per heavy atom. The molecule has 1 aliphatic heterocycles. The Morgan fingerprint density at radius 1 is 1.41 bits per heavy atom. The molecule has 98 valence electrons. The predicted octanol–water partition coefficient (Wildman–Crippen LogP) is 2.75. The van der Waals surface area contributed by atoms with Crippen LogP contribution in [0, 0.1) is 0 Å². The fourth-order valence-electron chi connectivity index (χ4n) is 1.76. The van der Waals surface area contributed by atoms with Crippen molar-refractivity contribution < 1.29 is 14.3 Å². The summed E-state index contributed by atoms with van der Waals surface area (Å²) in [5.41, 5.74) is -0.453. The zero-order valence-corrected chi connectivity index (χ0v) is 11.8. The molecule has 0 aliphatic carbocycles. The fourth-order valence-corrected chi connectivity index (χ4v) is 1.90. The topological polar surface area (TPSA) is 38.8 Å². The summed E-state index contributed by atoms with van der Waals surface area (Å²) >= 11 is 4.91. The first-order valence-corrected chi connectivity index (χ1v) is 6.34. The smallest absolute Gasteiger partial charge is 0.410 e. The third-order valence-corrected chi connectivity index (χ3v) is 2.46. The van der Waals surface area contributed by atoms with Crippen LogP contribution >= 0.6 is 12.2 Å². The highest BCUT2D eigenvalue weighted by atomic mass is 32.1. The molecule has 1 aliphatic rings. The van der Waals surface area contributed by atoms with Gasteiger partial charge in [-0.25, -0.2) is 4.79 Å². The third-order valence-electron chi connectivity index (χ3n) is 2.36. The number of likely N-dealkylation sites (tertiary alicyclic amines) is 1. The Morgan fingerprint density at radius 3 is 2.59 bits per heavy atom. The van der Waals surface area contributed by atoms with Crippen LogP contribution in [0.5, 0.6) is 0 Å². The first-order chi connectivity index (χ1) is 7.78. The van der Waals surface area contributed by atoms with Crippen molar-refractivity contribution in [2.24, 2.45) is 0 Å². The summed E-state index contributed by atoms with van der Waals surface area (Å²) < 4.78 is 10.8. The molecule has 1 saturated heterocycles. The van der Waals surface area contributed by atoms with Crippen molar-refractivity contribution in [2.75, 3.05) is 13.1 Å². The summed E-state index contributed by atoms with van der Waals surface area (Å²) in [6, 6.07) is 0. The molecule has 1 rings (SSSR count). The maximum absolute atomic E-state index is 11.9. The third kappa shape index (κ3) is 5.35. The van der Waals surface area contributed by atoms with Gasteiger partial charge in [-0.2, -0.15) is 0 Å². The summed E-state index contributed by atoms with van der Waals surface area (Å²) in [7, 11) is 0. The number of carbonyl (C=O) groups excluding carboxylic acids is 1. The Hall–Kier alpha value is -0.840. The van der Waals surface area contributed by atoms with Crippen molar-refractivity contribution in [2.45, 2.75) is 52.2 Å². The molecule has 0 aromatic rings. The van der Waals surface area contributed by atoms with E-state index >= 15 is 0 Å². The largest absolute Gasteiger partial charge is 0.482 e. The van der Waals surface area contributed by atoms with Crippen molar-refractivity contribution in [3.8, 4) is 0 Å². The second-order valence-electron chi connectivity index (χ2n) is 5.30. The van der Waals surface area contributed by atoms with Gasteiger partial charge in [0, 0.05) is 13.5 Å². The summed E-state index contributed by atoms with van der Waals surface area (Å²) in [6.07, 6.45) is 1.60. The van der Waals surface area contributed by atoms with E-state index in [1.165, 1.54) is 0 Å². The number of hydrogen-bond acceptors (Lipinski definition) is 4. The maximum Gasteiger partial charge on any atom is 0.410 e. The number of rotatable bonds is 1. The Balaban J connectivity index is 2.49. The summed E-state index contributed by atoms with van der Waals surface area (Å²) in [6.45, 7) is 8.63. The average Bonchev–Trinajstić information content (AvgIpc) is 2.14. The van der Waals surface area contributed by atoms with Gasteiger partial charge in [0.1, 0.15) is 11.7 Å². The van der Waals surface area contributed by atoms with E-state index in [1.54, 1.807) is 11.8 Å². The van der Waals surface area contributed by atoms with Crippen LogP contribution < -0.4 is 0 Å². The van der Waals surface area contributed by atoms with E-state index in [0.29, 0.717) is 11.6 Å². The molecule has 0 saturated carbocycles. The van der Waals surface area contributed by atoms with Crippen LogP contribution in [-0.2, 0) is 9.47 Å². The van der Waals surface area contributed by atoms with Crippen LogP contribution in [0.15, 0.2) is 0 Å². The van der Waals surface area contributed by atoms with Crippen molar-refractivity contribution in [1.29, 1.82) is 0 Å². The number of piperidine rings is 1. The van der Waals surface area contributed by atoms with E-state index in [0.717, 1.165) is 19.4 Å². The predicted molar refractivity (Wildman–Crippen MR) is 70.2 cm³/mol. The Bertz CT molecular complexity index is 299. The van der Waals surface area contributed by atoms with Gasteiger partial charge in [0.15, 0.2) is 5.05 Å². The van der Waals surface area contributed by atoms with Gasteiger partial charge in [-0.15, -0.1) is 0 Å². The van der Waals surface area contributed by atoms with Crippen molar-refractivity contribution in [3.05, 3.63) is 0 Å². The molecular weight excluding hydrogens is 238 g/mol. The molecule has 1 atom stereocenters. The van der Waals surface area contributed by atoms with Crippen molar-refractivity contribution in [3.63, 3.8) is 0 Å². The number of carbonyl (C=O) groups is 1. The van der Waals surface area contributed by atoms with Gasteiger partial charge < -0.3 is 14.4 Å². The second-order valence-corrected chi connectivity index (χ2v) is 5.87. The summed E-state index contributed by atoms with van der Waals surface area (Å²) in [5.74, 6) is 0. The standard InChI is InChI=1S/C12H21NO3S/c1-9(17)15-10-6-5-7-13(8-10)11(14)16-12(2,3)4/h10H,5-8H2,1-4H3/t10-/m0/s1. The van der Waals surface area contributed by atoms with Gasteiger partial charge in [-0.05, 0) is 45.8 Å². The highest BCUT2D eigenvalue weighted by Crippen LogP contribution is 2.17. The van der Waals surface area contributed by atoms with E-state index in [1.807, 2.05) is 20.8 Å². The molecule has 0 unspecified atom stereocenters. The van der Waals surface area contributed by atoms with E-state index in [2.05, 4.69) is 0 Å². The van der Waals surface area contributed by atoms with E-state index < -0.39 is 5.60 Å². The fraction of sp³-hybridized carbons (Fsp3) is 0.833. The average molecular weight is 259 g/mol. The molecule has 5 heteroatoms. The summed E-state index contributed by atoms with van der Waals surface area (Å²) in [5, 5.41) is 0.529. The lowest BCUT2D eigenvalue weighted by molar-refractivity contribution is 0.00648. The molecule has 17 heavy (non-hydrogen) atoms. The minimum absolute atomic E-state index is 0.00812. The van der Waals surface area contributed by atoms with E-state index in [9.17, 15) is 4.79 Å². The van der Waals surface area contributed by atoms with Gasteiger partial charge in [0.05, 0.1) is 6.54 Å². The molecule has 1 heterocycles. The number of ether oxygens (including phenoxy) is 2. The molecule has 0 N–H and O–H groups in total. The van der Waals surface area contributed by atoms with Gasteiger partial charge >= 0.3 is 6.09 Å². The Labute approximate surface area is 108 Å². The van der Waals surface area contributed by atoms with Crippen LogP contribution in [0.4, 0.5) is 4.79 Å². The molecule has 0 aromatic carbocycles. The zero-order valence-electron chi connectivity index (χ0n) is 11.0. The molecule has 0 spiro atoms. The van der Waals surface area contributed by atoms with Gasteiger partial charge in [-0.1, -0.05) is 0 Å². The van der Waals surface area contributed by atoms with Crippen molar-refractivity contribution >= 4 is 23.4 Å². The van der Waals surface area contributed by atoms with E-state index in [-0.39, 0.29) is 12.2 Å². The van der Waals surface area contributed by atoms with Gasteiger partial charge in [0.25, 0.3) is 0 Å². The SMILES string of the molecule is CC(=S)O[C@H]1CCCN(C(=O)OC(C)(C)C)C1. The number of hydrogen-bond donors (Lipinski definition) is 0. The second kappa shape index (κ2) is 5.67. The highest BCUT2D eigenvalue weighted by Gasteiger charge is 2.28. The van der Waals surface area contributed by atoms with Crippen LogP contribution in [-0.4, -0.2) is 40.8 Å². The quantitative estimate of drug-likeness (QED) is 0.679. The zero-order chi connectivity index (χ0) is 13.1. The van der Waals surface area contributed by atoms with Gasteiger partial charge in [0.2, 0.25) is 0 Å². The van der Waals surface area contributed by atoms with Crippen molar-refractivity contribution in [1.82, 2.24) is 4.90 Å². The molecule has 0 radical (unpaired) electrons. The first-order valence-electron chi connectivity index (χ1n) is 5.93. The molecular formula is C12H21NO3S. The van der Waals surface area contributed by atoms with Gasteiger partial charge in [-0.3, -0.25) is 0 Å². The number of nitrogens with zero attached hydrogens (tertiary/aromatic N) is 1. The maximum atomic E-state index is 11.9. The minimum atomic E-state index is -0.453. The highest BCUT2D eigenvalue weighted by molar-refractivity contribution is 7.80. The molecule has 0 bridgehead atoms. The van der Waals surface area contributed by atoms with Crippen LogP contribution in [0.3, 0.4) is 0 Å². The lowest BCUT2D eigenvalue weighted by Gasteiger charge is -2.33. The minimum Gasteiger partial charge on any atom is -0.482 e. The van der Waals surface area contributed by atoms with Crippen LogP contribution in [0.25, 0.3) is 0 Å². The van der Waals surface area contributed by atoms with E-state index in [4.69, 9.17) is 21.7 Å². The molecule has 0 aromatic heterocycles. The molecule has 1 fully saturated rings. The normalized spacial score (nSPS) is 20.9. The lowest BCUT2D eigenvalue weighted by Crippen LogP contribution is -2.45. The number of thiocarbonyl (C=S) groups is 1. The monoisotopic (exact) mass is 259 g/mol. The van der Waals surface area contributed by atoms with Crippen LogP contribution in [0.2, 0.25) is 0 Å². The molecule has 1 amide bonds.